The molecular weight excluding hydrogens is 618 g/mol. The fourth-order valence-electron chi connectivity index (χ4n) is 6.27. The summed E-state index contributed by atoms with van der Waals surface area (Å²) in [6, 6.07) is 14.4. The number of nitrogens with zero attached hydrogens (tertiary/aromatic N) is 4. The number of rotatable bonds is 6. The Morgan fingerprint density at radius 3 is 2.41 bits per heavy atom. The molecule has 0 bridgehead atoms. The van der Waals surface area contributed by atoms with E-state index >= 15 is 0 Å². The number of benzene rings is 2. The molecule has 0 saturated carbocycles. The van der Waals surface area contributed by atoms with Crippen molar-refractivity contribution in [1.29, 1.82) is 0 Å². The highest BCUT2D eigenvalue weighted by atomic mass is 19.4. The third-order valence-electron chi connectivity index (χ3n) is 8.59. The van der Waals surface area contributed by atoms with Crippen molar-refractivity contribution < 1.29 is 40.7 Å². The maximum absolute atomic E-state index is 14.0. The van der Waals surface area contributed by atoms with Gasteiger partial charge in [-0.2, -0.15) is 26.3 Å². The van der Waals surface area contributed by atoms with Crippen molar-refractivity contribution in [3.8, 4) is 5.75 Å². The Morgan fingerprint density at radius 1 is 0.957 bits per heavy atom. The van der Waals surface area contributed by atoms with Crippen molar-refractivity contribution in [3.05, 3.63) is 89.1 Å². The number of carbonyl (C=O) groups is 2. The van der Waals surface area contributed by atoms with Gasteiger partial charge in [0.15, 0.2) is 5.92 Å². The monoisotopic (exact) mass is 648 g/mol. The van der Waals surface area contributed by atoms with Crippen molar-refractivity contribution in [2.75, 3.05) is 44.2 Å². The maximum atomic E-state index is 14.0. The second kappa shape index (κ2) is 12.4. The lowest BCUT2D eigenvalue weighted by Crippen LogP contribution is -2.64. The van der Waals surface area contributed by atoms with Crippen molar-refractivity contribution in [3.63, 3.8) is 0 Å². The molecule has 15 heteroatoms. The fraction of sp³-hybridized carbons (Fsp3) is 0.387. The van der Waals surface area contributed by atoms with E-state index in [1.165, 1.54) is 6.07 Å². The van der Waals surface area contributed by atoms with Gasteiger partial charge in [0.1, 0.15) is 18.2 Å². The minimum absolute atomic E-state index is 0.0177. The summed E-state index contributed by atoms with van der Waals surface area (Å²) in [4.78, 5) is 34.7. The van der Waals surface area contributed by atoms with E-state index in [0.717, 1.165) is 23.4 Å². The van der Waals surface area contributed by atoms with Crippen molar-refractivity contribution in [1.82, 2.24) is 25.6 Å². The van der Waals surface area contributed by atoms with E-state index in [9.17, 15) is 35.9 Å². The molecule has 3 unspecified atom stereocenters. The van der Waals surface area contributed by atoms with Crippen LogP contribution in [0.4, 0.5) is 32.2 Å². The Hall–Kier alpha value is -4.37. The third-order valence-corrected chi connectivity index (χ3v) is 8.59. The number of aromatic nitrogens is 1. The Kier molecular flexibility index (Phi) is 8.55. The Morgan fingerprint density at radius 2 is 1.72 bits per heavy atom. The van der Waals surface area contributed by atoms with Crippen LogP contribution < -0.4 is 20.5 Å². The first kappa shape index (κ1) is 31.6. The van der Waals surface area contributed by atoms with Crippen molar-refractivity contribution >= 4 is 17.6 Å². The molecule has 0 spiro atoms. The first-order chi connectivity index (χ1) is 21.9. The van der Waals surface area contributed by atoms with Gasteiger partial charge in [0, 0.05) is 57.1 Å². The van der Waals surface area contributed by atoms with Crippen LogP contribution in [0.15, 0.2) is 66.9 Å². The molecule has 3 atom stereocenters. The molecule has 2 N–H and O–H groups in total. The molecule has 9 nitrogen and oxygen atoms in total. The number of piperazine rings is 1. The molecule has 3 aromatic rings. The Labute approximate surface area is 260 Å². The summed E-state index contributed by atoms with van der Waals surface area (Å²) in [5, 5.41) is 0. The Balaban J connectivity index is 1.12. The summed E-state index contributed by atoms with van der Waals surface area (Å²) in [6.07, 6.45) is -8.43. The average Bonchev–Trinajstić information content (AvgIpc) is 3.41. The van der Waals surface area contributed by atoms with Crippen LogP contribution in [0, 0.1) is 5.92 Å². The van der Waals surface area contributed by atoms with Gasteiger partial charge in [-0.15, -0.1) is 0 Å². The molecule has 6 rings (SSSR count). The highest BCUT2D eigenvalue weighted by molar-refractivity contribution is 5.94. The largest absolute Gasteiger partial charge is 0.492 e. The van der Waals surface area contributed by atoms with Gasteiger partial charge in [-0.05, 0) is 41.5 Å². The molecule has 0 radical (unpaired) electrons. The number of carbonyl (C=O) groups excluding carboxylic acids is 2. The van der Waals surface area contributed by atoms with Crippen molar-refractivity contribution in [2.45, 2.75) is 31.0 Å². The summed E-state index contributed by atoms with van der Waals surface area (Å²) in [7, 11) is 0. The number of ether oxygens (including phenoxy) is 1. The molecule has 2 saturated heterocycles. The summed E-state index contributed by atoms with van der Waals surface area (Å²) in [6.45, 7) is 1.49. The number of fused-ring (bicyclic) bond motifs is 1. The number of hydrogen-bond acceptors (Lipinski definition) is 7. The molecule has 2 aromatic carbocycles. The van der Waals surface area contributed by atoms with E-state index in [1.807, 2.05) is 23.1 Å². The highest BCUT2D eigenvalue weighted by Crippen LogP contribution is 2.41. The zero-order chi connectivity index (χ0) is 32.6. The van der Waals surface area contributed by atoms with Crippen LogP contribution in [-0.2, 0) is 17.5 Å². The van der Waals surface area contributed by atoms with Crippen LogP contribution in [-0.4, -0.2) is 78.1 Å². The maximum Gasteiger partial charge on any atom is 0.417 e. The van der Waals surface area contributed by atoms with Crippen LogP contribution in [0.5, 0.6) is 5.75 Å². The van der Waals surface area contributed by atoms with Gasteiger partial charge in [-0.1, -0.05) is 30.3 Å². The number of alkyl halides is 6. The van der Waals surface area contributed by atoms with Crippen LogP contribution in [0.1, 0.15) is 33.1 Å². The van der Waals surface area contributed by atoms with E-state index < -0.39 is 41.8 Å². The van der Waals surface area contributed by atoms with Gasteiger partial charge in [0.25, 0.3) is 5.91 Å². The number of nitrogens with one attached hydrogen (secondary N) is 2. The van der Waals surface area contributed by atoms with Gasteiger partial charge in [-0.25, -0.2) is 10.4 Å². The molecule has 3 aliphatic heterocycles. The van der Waals surface area contributed by atoms with E-state index in [4.69, 9.17) is 4.74 Å². The highest BCUT2D eigenvalue weighted by Gasteiger charge is 2.55. The van der Waals surface area contributed by atoms with E-state index in [1.54, 1.807) is 40.1 Å². The average molecular weight is 649 g/mol. The van der Waals surface area contributed by atoms with Crippen LogP contribution in [0.2, 0.25) is 0 Å². The molecule has 0 aliphatic carbocycles. The summed E-state index contributed by atoms with van der Waals surface area (Å²) < 4.78 is 86.8. The van der Waals surface area contributed by atoms with Gasteiger partial charge >= 0.3 is 12.4 Å². The van der Waals surface area contributed by atoms with Crippen LogP contribution in [0.3, 0.4) is 0 Å². The standard InChI is InChI=1S/C31H30F6N6O3/c32-30(33,34)21-8-9-26(38-15-21)41-10-12-42(13-11-41)29(45)19-5-3-6-22(14-19)46-18-25-23-7-2-1-4-20(23)17-43(25)24-16-39-40-28(44)27(24)31(35,36)37/h1-9,14-15,24-25,27,39H,10-13,16-18H2,(H,40,44). The quantitative estimate of drug-likeness (QED) is 0.388. The summed E-state index contributed by atoms with van der Waals surface area (Å²) in [5.74, 6) is -2.87. The van der Waals surface area contributed by atoms with E-state index in [0.29, 0.717) is 43.3 Å². The van der Waals surface area contributed by atoms with Gasteiger partial charge in [-0.3, -0.25) is 19.9 Å². The normalized spacial score (nSPS) is 22.4. The molecule has 244 valence electrons. The lowest BCUT2D eigenvalue weighted by Gasteiger charge is -2.40. The minimum Gasteiger partial charge on any atom is -0.492 e. The summed E-state index contributed by atoms with van der Waals surface area (Å²) in [5.41, 5.74) is 5.86. The molecular formula is C31H30F6N6O3. The van der Waals surface area contributed by atoms with Crippen LogP contribution in [0.25, 0.3) is 0 Å². The molecule has 2 fully saturated rings. The minimum atomic E-state index is -4.74. The zero-order valence-corrected chi connectivity index (χ0v) is 24.3. The number of halogens is 6. The Bertz CT molecular complexity index is 1580. The molecule has 46 heavy (non-hydrogen) atoms. The first-order valence-corrected chi connectivity index (χ1v) is 14.6. The fourth-order valence-corrected chi connectivity index (χ4v) is 6.27. The zero-order valence-electron chi connectivity index (χ0n) is 24.3. The number of hydrogen-bond donors (Lipinski definition) is 2. The van der Waals surface area contributed by atoms with E-state index in [-0.39, 0.29) is 25.6 Å². The summed E-state index contributed by atoms with van der Waals surface area (Å²) >= 11 is 0. The number of hydrazine groups is 1. The third kappa shape index (κ3) is 6.47. The number of amides is 2. The SMILES string of the molecule is O=C1NNCC(N2Cc3ccccc3C2COc2cccc(C(=O)N3CCN(c4ccc(C(F)(F)F)cn4)CC3)c2)C1C(F)(F)F. The predicted octanol–water partition coefficient (Wildman–Crippen LogP) is 4.18. The van der Waals surface area contributed by atoms with Gasteiger partial charge < -0.3 is 14.5 Å². The van der Waals surface area contributed by atoms with Crippen LogP contribution >= 0.6 is 0 Å². The number of anilines is 1. The van der Waals surface area contributed by atoms with Crippen molar-refractivity contribution in [2.24, 2.45) is 5.92 Å². The first-order valence-electron chi connectivity index (χ1n) is 14.6. The number of pyridine rings is 1. The molecule has 2 amide bonds. The van der Waals surface area contributed by atoms with Gasteiger partial charge in [0.05, 0.1) is 11.6 Å². The lowest BCUT2D eigenvalue weighted by atomic mass is 9.94. The van der Waals surface area contributed by atoms with E-state index in [2.05, 4.69) is 15.8 Å². The smallest absolute Gasteiger partial charge is 0.417 e. The molecule has 4 heterocycles. The predicted molar refractivity (Wildman–Crippen MR) is 153 cm³/mol. The second-order valence-electron chi connectivity index (χ2n) is 11.4. The van der Waals surface area contributed by atoms with Gasteiger partial charge in [0.2, 0.25) is 5.91 Å². The molecule has 3 aliphatic rings. The molecule has 1 aromatic heterocycles. The lowest BCUT2D eigenvalue weighted by molar-refractivity contribution is -0.202. The second-order valence-corrected chi connectivity index (χ2v) is 11.4. The topological polar surface area (TPSA) is 90.0 Å².